The Balaban J connectivity index is 1.41. The Labute approximate surface area is 157 Å². The van der Waals surface area contributed by atoms with E-state index in [0.29, 0.717) is 19.8 Å². The van der Waals surface area contributed by atoms with Crippen LogP contribution in [0.25, 0.3) is 0 Å². The molecule has 1 aromatic heterocycles. The molecule has 0 radical (unpaired) electrons. The van der Waals surface area contributed by atoms with Crippen molar-refractivity contribution in [1.29, 1.82) is 0 Å². The average molecular weight is 372 g/mol. The summed E-state index contributed by atoms with van der Waals surface area (Å²) in [5, 5.41) is 5.23. The second kappa shape index (κ2) is 7.47. The second-order valence-corrected chi connectivity index (χ2v) is 7.94. The van der Waals surface area contributed by atoms with E-state index in [-0.39, 0.29) is 23.5 Å². The molecule has 1 amide bonds. The van der Waals surface area contributed by atoms with Crippen LogP contribution in [0.2, 0.25) is 0 Å². The van der Waals surface area contributed by atoms with Gasteiger partial charge in [0.05, 0.1) is 35.9 Å². The van der Waals surface area contributed by atoms with Gasteiger partial charge in [0.2, 0.25) is 5.91 Å². The highest BCUT2D eigenvalue weighted by Gasteiger charge is 2.52. The number of benzene rings is 1. The fraction of sp³-hybridized carbons (Fsp3) is 0.500. The number of rotatable bonds is 6. The number of aromatic nitrogens is 1. The molecule has 4 rings (SSSR count). The third-order valence-electron chi connectivity index (χ3n) is 5.34. The van der Waals surface area contributed by atoms with Crippen molar-refractivity contribution in [2.24, 2.45) is 0 Å². The van der Waals surface area contributed by atoms with Gasteiger partial charge in [0.25, 0.3) is 0 Å². The molecule has 1 aromatic carbocycles. The van der Waals surface area contributed by atoms with E-state index in [4.69, 9.17) is 9.47 Å². The number of thiazole rings is 1. The van der Waals surface area contributed by atoms with Crippen molar-refractivity contribution in [3.63, 3.8) is 0 Å². The van der Waals surface area contributed by atoms with Crippen molar-refractivity contribution in [1.82, 2.24) is 10.3 Å². The van der Waals surface area contributed by atoms with Gasteiger partial charge in [-0.3, -0.25) is 4.79 Å². The van der Waals surface area contributed by atoms with Crippen LogP contribution < -0.4 is 5.32 Å². The third kappa shape index (κ3) is 3.68. The summed E-state index contributed by atoms with van der Waals surface area (Å²) in [6.45, 7) is 3.67. The molecule has 2 atom stereocenters. The summed E-state index contributed by atoms with van der Waals surface area (Å²) in [5.74, 6) is 0.121. The second-order valence-electron chi connectivity index (χ2n) is 7.22. The van der Waals surface area contributed by atoms with Gasteiger partial charge in [0.1, 0.15) is 6.10 Å². The minimum atomic E-state index is -0.356. The van der Waals surface area contributed by atoms with Crippen LogP contribution in [0, 0.1) is 6.92 Å². The summed E-state index contributed by atoms with van der Waals surface area (Å²) in [5.41, 5.74) is 4.70. The summed E-state index contributed by atoms with van der Waals surface area (Å²) in [7, 11) is 0. The van der Waals surface area contributed by atoms with Gasteiger partial charge in [0, 0.05) is 12.0 Å². The van der Waals surface area contributed by atoms with E-state index in [1.54, 1.807) is 16.8 Å². The molecule has 0 unspecified atom stereocenters. The number of nitrogens with zero attached hydrogens (tertiary/aromatic N) is 1. The van der Waals surface area contributed by atoms with Gasteiger partial charge in [-0.2, -0.15) is 0 Å². The highest BCUT2D eigenvalue weighted by molar-refractivity contribution is 7.07. The molecule has 1 N–H and O–H groups in total. The Hall–Kier alpha value is -1.76. The predicted octanol–water partition coefficient (Wildman–Crippen LogP) is 2.97. The Morgan fingerprint density at radius 1 is 1.38 bits per heavy atom. The maximum absolute atomic E-state index is 13.0. The summed E-state index contributed by atoms with van der Waals surface area (Å²) < 4.78 is 11.6. The van der Waals surface area contributed by atoms with Crippen molar-refractivity contribution in [3.8, 4) is 0 Å². The van der Waals surface area contributed by atoms with Crippen molar-refractivity contribution < 1.29 is 14.3 Å². The zero-order valence-corrected chi connectivity index (χ0v) is 15.8. The van der Waals surface area contributed by atoms with E-state index in [9.17, 15) is 4.79 Å². The average Bonchev–Trinajstić information content (AvgIpc) is 3.30. The Morgan fingerprint density at radius 2 is 2.19 bits per heavy atom. The van der Waals surface area contributed by atoms with E-state index < -0.39 is 0 Å². The third-order valence-corrected chi connectivity index (χ3v) is 5.97. The van der Waals surface area contributed by atoms with Crippen LogP contribution in [0.15, 0.2) is 35.2 Å². The normalized spacial score (nSPS) is 24.2. The highest BCUT2D eigenvalue weighted by Crippen LogP contribution is 2.48. The topological polar surface area (TPSA) is 60.5 Å². The molecule has 1 aliphatic carbocycles. The van der Waals surface area contributed by atoms with Crippen molar-refractivity contribution in [2.75, 3.05) is 13.2 Å². The lowest BCUT2D eigenvalue weighted by Crippen LogP contribution is -2.52. The molecule has 138 valence electrons. The lowest BCUT2D eigenvalue weighted by atomic mass is 9.93. The van der Waals surface area contributed by atoms with Crippen molar-refractivity contribution in [3.05, 3.63) is 52.0 Å². The lowest BCUT2D eigenvalue weighted by Gasteiger charge is -2.33. The molecule has 2 heterocycles. The molecule has 1 saturated heterocycles. The quantitative estimate of drug-likeness (QED) is 0.847. The molecule has 5 nitrogen and oxygen atoms in total. The van der Waals surface area contributed by atoms with Gasteiger partial charge < -0.3 is 14.8 Å². The van der Waals surface area contributed by atoms with Crippen molar-refractivity contribution in [2.45, 2.75) is 50.4 Å². The van der Waals surface area contributed by atoms with E-state index in [1.807, 2.05) is 5.38 Å². The molecule has 0 bridgehead atoms. The molecule has 2 fully saturated rings. The number of hydrogen-bond acceptors (Lipinski definition) is 5. The highest BCUT2D eigenvalue weighted by atomic mass is 32.1. The first-order valence-electron chi connectivity index (χ1n) is 9.12. The van der Waals surface area contributed by atoms with Crippen LogP contribution in [0.1, 0.15) is 36.1 Å². The predicted molar refractivity (Wildman–Crippen MR) is 100 cm³/mol. The first kappa shape index (κ1) is 17.6. The van der Waals surface area contributed by atoms with E-state index in [1.165, 1.54) is 5.56 Å². The molecular formula is C20H24N2O3S. The number of aryl methyl sites for hydroxylation is 1. The van der Waals surface area contributed by atoms with Crippen LogP contribution in [-0.2, 0) is 26.3 Å². The molecule has 2 aliphatic rings. The molecule has 6 heteroatoms. The maximum atomic E-state index is 13.0. The summed E-state index contributed by atoms with van der Waals surface area (Å²) in [6, 6.07) is 8.32. The lowest BCUT2D eigenvalue weighted by molar-refractivity contribution is -0.129. The summed E-state index contributed by atoms with van der Waals surface area (Å²) >= 11 is 1.56. The monoisotopic (exact) mass is 372 g/mol. The van der Waals surface area contributed by atoms with E-state index in [0.717, 1.165) is 30.5 Å². The first-order valence-corrected chi connectivity index (χ1v) is 10.1. The fourth-order valence-electron chi connectivity index (χ4n) is 3.49. The number of nitrogens with one attached hydrogen (secondary N) is 1. The zero-order chi connectivity index (χ0) is 18.0. The number of ether oxygens (including phenoxy) is 2. The van der Waals surface area contributed by atoms with Crippen LogP contribution in [0.5, 0.6) is 0 Å². The van der Waals surface area contributed by atoms with Gasteiger partial charge in [0.15, 0.2) is 0 Å². The van der Waals surface area contributed by atoms with Crippen LogP contribution in [0.3, 0.4) is 0 Å². The standard InChI is InChI=1S/C20H24N2O3S/c1-14-2-4-15(5-3-14)20(7-8-20)19(23)22-17-6-9-24-11-18(17)25-10-16-12-26-13-21-16/h2-5,12-13,17-18H,6-11H2,1H3,(H,22,23)/t17-,18-/m1/s1. The van der Waals surface area contributed by atoms with Gasteiger partial charge >= 0.3 is 0 Å². The Bertz CT molecular complexity index is 741. The van der Waals surface area contributed by atoms with Crippen LogP contribution >= 0.6 is 11.3 Å². The number of amides is 1. The van der Waals surface area contributed by atoms with Crippen LogP contribution in [-0.4, -0.2) is 36.3 Å². The molecule has 1 aliphatic heterocycles. The van der Waals surface area contributed by atoms with E-state index >= 15 is 0 Å². The molecule has 0 spiro atoms. The smallest absolute Gasteiger partial charge is 0.230 e. The van der Waals surface area contributed by atoms with Gasteiger partial charge in [-0.25, -0.2) is 4.98 Å². The fourth-order valence-corrected chi connectivity index (χ4v) is 4.04. The largest absolute Gasteiger partial charge is 0.379 e. The Morgan fingerprint density at radius 3 is 2.88 bits per heavy atom. The Kier molecular flexibility index (Phi) is 5.07. The molecular weight excluding hydrogens is 348 g/mol. The maximum Gasteiger partial charge on any atom is 0.230 e. The zero-order valence-electron chi connectivity index (χ0n) is 14.9. The molecule has 2 aromatic rings. The minimum absolute atomic E-state index is 0.0159. The number of carbonyl (C=O) groups excluding carboxylic acids is 1. The minimum Gasteiger partial charge on any atom is -0.379 e. The molecule has 1 saturated carbocycles. The van der Waals surface area contributed by atoms with Crippen molar-refractivity contribution >= 4 is 17.2 Å². The number of hydrogen-bond donors (Lipinski definition) is 1. The number of carbonyl (C=O) groups is 1. The van der Waals surface area contributed by atoms with Gasteiger partial charge in [-0.15, -0.1) is 11.3 Å². The van der Waals surface area contributed by atoms with Gasteiger partial charge in [-0.1, -0.05) is 29.8 Å². The first-order chi connectivity index (χ1) is 12.7. The van der Waals surface area contributed by atoms with E-state index in [2.05, 4.69) is 41.5 Å². The van der Waals surface area contributed by atoms with Crippen LogP contribution in [0.4, 0.5) is 0 Å². The summed E-state index contributed by atoms with van der Waals surface area (Å²) in [4.78, 5) is 17.3. The summed E-state index contributed by atoms with van der Waals surface area (Å²) in [6.07, 6.45) is 2.46. The van der Waals surface area contributed by atoms with Gasteiger partial charge in [-0.05, 0) is 31.7 Å². The SMILES string of the molecule is Cc1ccc(C2(C(=O)N[C@@H]3CCOC[C@H]3OCc3cscn3)CC2)cc1. The molecule has 26 heavy (non-hydrogen) atoms.